The molecule has 0 bridgehead atoms. The molecule has 94 valence electrons. The maximum Gasteiger partial charge on any atom is 0.337 e. The highest BCUT2D eigenvalue weighted by Crippen LogP contribution is 2.18. The van der Waals surface area contributed by atoms with Crippen LogP contribution >= 0.6 is 22.6 Å². The summed E-state index contributed by atoms with van der Waals surface area (Å²) in [6.45, 7) is 0.342. The largest absolute Gasteiger partial charge is 0.478 e. The molecule has 5 nitrogen and oxygen atoms in total. The van der Waals surface area contributed by atoms with E-state index in [0.717, 1.165) is 3.57 Å². The second-order valence-electron chi connectivity index (χ2n) is 3.33. The molecule has 1 aromatic carbocycles. The zero-order chi connectivity index (χ0) is 13.5. The van der Waals surface area contributed by atoms with Crippen molar-refractivity contribution in [2.45, 2.75) is 6.42 Å². The number of nitrogens with one attached hydrogen (secondary N) is 2. The molecule has 6 heteroatoms. The van der Waals surface area contributed by atoms with E-state index in [1.54, 1.807) is 12.1 Å². The number of carbonyl (C=O) groups excluding carboxylic acids is 1. The molecule has 2 amide bonds. The smallest absolute Gasteiger partial charge is 0.337 e. The highest BCUT2D eigenvalue weighted by molar-refractivity contribution is 14.1. The lowest BCUT2D eigenvalue weighted by Gasteiger charge is -2.09. The number of urea groups is 1. The number of rotatable bonds is 4. The molecule has 0 heterocycles. The van der Waals surface area contributed by atoms with Crippen LogP contribution in [0.3, 0.4) is 0 Å². The Morgan fingerprint density at radius 2 is 2.17 bits per heavy atom. The molecule has 0 aromatic heterocycles. The van der Waals surface area contributed by atoms with Gasteiger partial charge < -0.3 is 15.7 Å². The maximum absolute atomic E-state index is 11.5. The number of aromatic carboxylic acids is 1. The van der Waals surface area contributed by atoms with Gasteiger partial charge >= 0.3 is 12.0 Å². The molecule has 0 saturated carbocycles. The number of halogens is 1. The number of hydrogen-bond acceptors (Lipinski definition) is 2. The lowest BCUT2D eigenvalue weighted by Crippen LogP contribution is -2.30. The predicted octanol–water partition coefficient (Wildman–Crippen LogP) is 2.13. The van der Waals surface area contributed by atoms with E-state index in [1.165, 1.54) is 6.07 Å². The maximum atomic E-state index is 11.5. The van der Waals surface area contributed by atoms with Crippen LogP contribution in [-0.2, 0) is 0 Å². The molecule has 1 aromatic rings. The van der Waals surface area contributed by atoms with Crippen LogP contribution in [0.25, 0.3) is 0 Å². The second kappa shape index (κ2) is 6.86. The van der Waals surface area contributed by atoms with Crippen LogP contribution in [0.2, 0.25) is 0 Å². The minimum absolute atomic E-state index is 0.0500. The molecule has 0 aliphatic rings. The first kappa shape index (κ1) is 14.3. The Morgan fingerprint density at radius 3 is 2.78 bits per heavy atom. The normalized spacial score (nSPS) is 9.33. The number of terminal acetylenes is 1. The summed E-state index contributed by atoms with van der Waals surface area (Å²) in [7, 11) is 0. The zero-order valence-corrected chi connectivity index (χ0v) is 11.5. The fourth-order valence-corrected chi connectivity index (χ4v) is 1.71. The van der Waals surface area contributed by atoms with E-state index in [0.29, 0.717) is 13.0 Å². The van der Waals surface area contributed by atoms with Crippen molar-refractivity contribution in [1.82, 2.24) is 5.32 Å². The summed E-state index contributed by atoms with van der Waals surface area (Å²) in [6.07, 6.45) is 5.47. The van der Waals surface area contributed by atoms with Gasteiger partial charge in [-0.2, -0.15) is 0 Å². The summed E-state index contributed by atoms with van der Waals surface area (Å²) in [4.78, 5) is 22.5. The summed E-state index contributed by atoms with van der Waals surface area (Å²) in [6, 6.07) is 4.27. The summed E-state index contributed by atoms with van der Waals surface area (Å²) < 4.78 is 0.781. The minimum Gasteiger partial charge on any atom is -0.478 e. The van der Waals surface area contributed by atoms with Gasteiger partial charge in [-0.3, -0.25) is 0 Å². The van der Waals surface area contributed by atoms with Gasteiger partial charge in [0.05, 0.1) is 11.3 Å². The van der Waals surface area contributed by atoms with Crippen LogP contribution in [0.15, 0.2) is 18.2 Å². The van der Waals surface area contributed by atoms with Crippen molar-refractivity contribution in [1.29, 1.82) is 0 Å². The van der Waals surface area contributed by atoms with Crippen molar-refractivity contribution < 1.29 is 14.7 Å². The fraction of sp³-hybridized carbons (Fsp3) is 0.167. The molecule has 0 spiro atoms. The topological polar surface area (TPSA) is 78.4 Å². The third-order valence-corrected chi connectivity index (χ3v) is 2.69. The monoisotopic (exact) mass is 358 g/mol. The standard InChI is InChI=1S/C12H11IN2O3/c1-2-3-6-14-12(18)15-10-5-4-8(13)7-9(10)11(16)17/h1,4-5,7H,3,6H2,(H,16,17)(H2,14,15,18). The van der Waals surface area contributed by atoms with Gasteiger partial charge in [-0.15, -0.1) is 12.3 Å². The van der Waals surface area contributed by atoms with Crippen LogP contribution in [-0.4, -0.2) is 23.7 Å². The SMILES string of the molecule is C#CCCNC(=O)Nc1ccc(I)cc1C(=O)O. The number of benzene rings is 1. The lowest BCUT2D eigenvalue weighted by molar-refractivity contribution is 0.0698. The average molecular weight is 358 g/mol. The highest BCUT2D eigenvalue weighted by Gasteiger charge is 2.12. The van der Waals surface area contributed by atoms with Crippen LogP contribution in [0.5, 0.6) is 0 Å². The van der Waals surface area contributed by atoms with Gasteiger partial charge in [0, 0.05) is 16.5 Å². The summed E-state index contributed by atoms with van der Waals surface area (Å²) in [5, 5.41) is 14.0. The average Bonchev–Trinajstić information content (AvgIpc) is 2.31. The fourth-order valence-electron chi connectivity index (χ4n) is 1.22. The second-order valence-corrected chi connectivity index (χ2v) is 4.58. The molecule has 0 atom stereocenters. The van der Waals surface area contributed by atoms with Gasteiger partial charge in [-0.05, 0) is 40.8 Å². The number of carboxylic acids is 1. The number of hydrogen-bond donors (Lipinski definition) is 3. The van der Waals surface area contributed by atoms with Gasteiger partial charge in [0.15, 0.2) is 0 Å². The first-order valence-corrected chi connectivity index (χ1v) is 6.13. The Balaban J connectivity index is 2.75. The first-order valence-electron chi connectivity index (χ1n) is 5.05. The van der Waals surface area contributed by atoms with Crippen LogP contribution in [0.4, 0.5) is 10.5 Å². The summed E-state index contributed by atoms with van der Waals surface area (Å²) >= 11 is 2.00. The van der Waals surface area contributed by atoms with Crippen molar-refractivity contribution in [2.24, 2.45) is 0 Å². The molecule has 18 heavy (non-hydrogen) atoms. The third kappa shape index (κ3) is 4.25. The Labute approximate surface area is 118 Å². The lowest BCUT2D eigenvalue weighted by atomic mass is 10.2. The predicted molar refractivity (Wildman–Crippen MR) is 76.6 cm³/mol. The van der Waals surface area contributed by atoms with E-state index in [2.05, 4.69) is 16.6 Å². The minimum atomic E-state index is -1.09. The molecule has 0 fully saturated rings. The number of carboxylic acid groups (broad SMARTS) is 1. The van der Waals surface area contributed by atoms with Gasteiger partial charge in [0.25, 0.3) is 0 Å². The molecule has 1 rings (SSSR count). The molecule has 0 aliphatic carbocycles. The Bertz CT molecular complexity index is 509. The van der Waals surface area contributed by atoms with Crippen LogP contribution < -0.4 is 10.6 Å². The number of amides is 2. The number of carbonyl (C=O) groups is 2. The summed E-state index contributed by atoms with van der Waals surface area (Å²) in [5.74, 6) is 1.30. The van der Waals surface area contributed by atoms with E-state index in [9.17, 15) is 9.59 Å². The highest BCUT2D eigenvalue weighted by atomic mass is 127. The van der Waals surface area contributed by atoms with Crippen molar-refractivity contribution in [3.8, 4) is 12.3 Å². The molecule has 0 unspecified atom stereocenters. The molecular weight excluding hydrogens is 347 g/mol. The Hall–Kier alpha value is -1.75. The van der Waals surface area contributed by atoms with E-state index in [1.807, 2.05) is 22.6 Å². The first-order chi connectivity index (χ1) is 8.54. The van der Waals surface area contributed by atoms with E-state index < -0.39 is 12.0 Å². The molecular formula is C12H11IN2O3. The Kier molecular flexibility index (Phi) is 5.45. The van der Waals surface area contributed by atoms with Gasteiger partial charge in [-0.1, -0.05) is 0 Å². The van der Waals surface area contributed by atoms with Gasteiger partial charge in [0.2, 0.25) is 0 Å². The number of anilines is 1. The molecule has 3 N–H and O–H groups in total. The van der Waals surface area contributed by atoms with E-state index >= 15 is 0 Å². The van der Waals surface area contributed by atoms with E-state index in [4.69, 9.17) is 11.5 Å². The van der Waals surface area contributed by atoms with Crippen LogP contribution in [0.1, 0.15) is 16.8 Å². The van der Waals surface area contributed by atoms with Crippen LogP contribution in [0, 0.1) is 15.9 Å². The summed E-state index contributed by atoms with van der Waals surface area (Å²) in [5.41, 5.74) is 0.301. The van der Waals surface area contributed by atoms with E-state index in [-0.39, 0.29) is 11.3 Å². The third-order valence-electron chi connectivity index (χ3n) is 2.02. The molecule has 0 saturated heterocycles. The van der Waals surface area contributed by atoms with Crippen molar-refractivity contribution in [2.75, 3.05) is 11.9 Å². The van der Waals surface area contributed by atoms with Crippen molar-refractivity contribution in [3.63, 3.8) is 0 Å². The molecule has 0 radical (unpaired) electrons. The van der Waals surface area contributed by atoms with Crippen molar-refractivity contribution >= 4 is 40.3 Å². The quantitative estimate of drug-likeness (QED) is 0.438. The van der Waals surface area contributed by atoms with Gasteiger partial charge in [0.1, 0.15) is 0 Å². The van der Waals surface area contributed by atoms with Crippen molar-refractivity contribution in [3.05, 3.63) is 27.3 Å². The molecule has 0 aliphatic heterocycles. The van der Waals surface area contributed by atoms with Gasteiger partial charge in [-0.25, -0.2) is 9.59 Å². The Morgan fingerprint density at radius 1 is 1.44 bits per heavy atom. The zero-order valence-electron chi connectivity index (χ0n) is 9.37.